The highest BCUT2D eigenvalue weighted by molar-refractivity contribution is 5.67. The Bertz CT molecular complexity index is 1010. The van der Waals surface area contributed by atoms with E-state index in [2.05, 4.69) is 36.2 Å². The van der Waals surface area contributed by atoms with Crippen molar-refractivity contribution in [2.75, 3.05) is 31.6 Å². The molecule has 1 N–H and O–H groups in total. The Morgan fingerprint density at radius 2 is 2.17 bits per heavy atom. The molecule has 6 heteroatoms. The van der Waals surface area contributed by atoms with E-state index in [-0.39, 0.29) is 0 Å². The molecular formula is C24H32N4O2. The lowest BCUT2D eigenvalue weighted by atomic mass is 10.1. The molecule has 1 atom stereocenters. The molecule has 1 fully saturated rings. The summed E-state index contributed by atoms with van der Waals surface area (Å²) in [5.41, 5.74) is 5.63. The van der Waals surface area contributed by atoms with Crippen molar-refractivity contribution in [1.82, 2.24) is 9.88 Å². The highest BCUT2D eigenvalue weighted by atomic mass is 16.5. The molecule has 2 heterocycles. The van der Waals surface area contributed by atoms with Crippen LogP contribution >= 0.6 is 0 Å². The molecule has 0 amide bonds. The van der Waals surface area contributed by atoms with Gasteiger partial charge in [-0.1, -0.05) is 13.0 Å². The molecule has 0 unspecified atom stereocenters. The maximum atomic E-state index is 11.9. The monoisotopic (exact) mass is 408 g/mol. The van der Waals surface area contributed by atoms with Gasteiger partial charge in [-0.3, -0.25) is 9.36 Å². The van der Waals surface area contributed by atoms with Crippen LogP contribution in [0.3, 0.4) is 0 Å². The number of methoxy groups -OCH3 is 1. The SMILES string of the molecule is C/C=C(\N=c1\c(C)cc(N2CCN[C@@H](C)C2)cn1C=O)c1ccc(OC)c(CC)c1. The first-order chi connectivity index (χ1) is 14.5. The van der Waals surface area contributed by atoms with Gasteiger partial charge in [-0.05, 0) is 62.6 Å². The standard InChI is InChI=1S/C24H32N4O2/c1-6-19-13-20(8-9-23(19)30-5)22(7-2)26-24-17(3)12-21(15-28(24)16-29)27-11-10-25-18(4)14-27/h7-9,12-13,15-16,18,25H,6,10-11,14H2,1-5H3/b22-7-,26-24-/t18-/m0/s1. The van der Waals surface area contributed by atoms with E-state index < -0.39 is 0 Å². The van der Waals surface area contributed by atoms with Crippen molar-refractivity contribution in [2.24, 2.45) is 4.99 Å². The third-order valence-corrected chi connectivity index (χ3v) is 5.54. The molecule has 30 heavy (non-hydrogen) atoms. The zero-order valence-corrected chi connectivity index (χ0v) is 18.6. The topological polar surface area (TPSA) is 58.9 Å². The summed E-state index contributed by atoms with van der Waals surface area (Å²) in [7, 11) is 1.69. The van der Waals surface area contributed by atoms with Gasteiger partial charge in [-0.2, -0.15) is 0 Å². The first-order valence-corrected chi connectivity index (χ1v) is 10.5. The lowest BCUT2D eigenvalue weighted by Crippen LogP contribution is -2.49. The summed E-state index contributed by atoms with van der Waals surface area (Å²) in [6, 6.07) is 8.63. The van der Waals surface area contributed by atoms with E-state index in [1.807, 2.05) is 38.3 Å². The number of hydrogen-bond donors (Lipinski definition) is 1. The molecule has 1 aliphatic heterocycles. The number of nitrogens with zero attached hydrogens (tertiary/aromatic N) is 3. The molecule has 1 aliphatic rings. The van der Waals surface area contributed by atoms with E-state index in [1.165, 1.54) is 0 Å². The summed E-state index contributed by atoms with van der Waals surface area (Å²) < 4.78 is 7.04. The van der Waals surface area contributed by atoms with E-state index in [1.54, 1.807) is 11.7 Å². The smallest absolute Gasteiger partial charge is 0.219 e. The fraction of sp³-hybridized carbons (Fsp3) is 0.417. The number of benzene rings is 1. The largest absolute Gasteiger partial charge is 0.496 e. The summed E-state index contributed by atoms with van der Waals surface area (Å²) in [5.74, 6) is 0.880. The number of carbonyl (C=O) groups excluding carboxylic acids is 1. The van der Waals surface area contributed by atoms with Crippen molar-refractivity contribution in [3.63, 3.8) is 0 Å². The fourth-order valence-electron chi connectivity index (χ4n) is 3.92. The summed E-state index contributed by atoms with van der Waals surface area (Å²) in [6.45, 7) is 11.0. The molecule has 0 spiro atoms. The zero-order valence-electron chi connectivity index (χ0n) is 18.6. The predicted octanol–water partition coefficient (Wildman–Crippen LogP) is 3.17. The number of aromatic nitrogens is 1. The lowest BCUT2D eigenvalue weighted by molar-refractivity contribution is 0.410. The van der Waals surface area contributed by atoms with Crippen LogP contribution in [0.2, 0.25) is 0 Å². The van der Waals surface area contributed by atoms with E-state index in [4.69, 9.17) is 9.73 Å². The number of pyridine rings is 1. The highest BCUT2D eigenvalue weighted by Crippen LogP contribution is 2.25. The Kier molecular flexibility index (Phi) is 7.11. The number of carbonyl (C=O) groups is 1. The minimum absolute atomic E-state index is 0.422. The molecule has 0 radical (unpaired) electrons. The van der Waals surface area contributed by atoms with Gasteiger partial charge in [0.25, 0.3) is 0 Å². The van der Waals surface area contributed by atoms with Crippen LogP contribution in [-0.2, 0) is 11.2 Å². The van der Waals surface area contributed by atoms with E-state index in [0.29, 0.717) is 11.5 Å². The van der Waals surface area contributed by atoms with Gasteiger partial charge in [0.15, 0.2) is 0 Å². The molecule has 2 aromatic rings. The number of hydrogen-bond acceptors (Lipinski definition) is 5. The molecule has 1 saturated heterocycles. The Morgan fingerprint density at radius 1 is 1.37 bits per heavy atom. The molecule has 160 valence electrons. The molecule has 1 aromatic heterocycles. The summed E-state index contributed by atoms with van der Waals surface area (Å²) in [6.07, 6.45) is 5.57. The van der Waals surface area contributed by atoms with Crippen molar-refractivity contribution in [1.29, 1.82) is 0 Å². The molecule has 0 saturated carbocycles. The summed E-state index contributed by atoms with van der Waals surface area (Å²) in [5, 5.41) is 3.45. The number of rotatable bonds is 6. The van der Waals surface area contributed by atoms with Crippen molar-refractivity contribution in [2.45, 2.75) is 40.2 Å². The van der Waals surface area contributed by atoms with Crippen molar-refractivity contribution < 1.29 is 9.53 Å². The van der Waals surface area contributed by atoms with E-state index >= 15 is 0 Å². The van der Waals surface area contributed by atoms with Gasteiger partial charge < -0.3 is 15.0 Å². The van der Waals surface area contributed by atoms with Gasteiger partial charge in [-0.25, -0.2) is 4.99 Å². The number of piperazine rings is 1. The van der Waals surface area contributed by atoms with Crippen LogP contribution in [0.1, 0.15) is 37.5 Å². The minimum atomic E-state index is 0.422. The highest BCUT2D eigenvalue weighted by Gasteiger charge is 2.17. The second-order valence-corrected chi connectivity index (χ2v) is 7.68. The van der Waals surface area contributed by atoms with Crippen LogP contribution in [0.15, 0.2) is 41.5 Å². The van der Waals surface area contributed by atoms with E-state index in [9.17, 15) is 4.79 Å². The van der Waals surface area contributed by atoms with Crippen LogP contribution in [0, 0.1) is 6.92 Å². The molecule has 0 aliphatic carbocycles. The number of aryl methyl sites for hydroxylation is 2. The van der Waals surface area contributed by atoms with Gasteiger partial charge in [0.05, 0.1) is 18.5 Å². The van der Waals surface area contributed by atoms with Gasteiger partial charge in [-0.15, -0.1) is 0 Å². The Balaban J connectivity index is 2.04. The third-order valence-electron chi connectivity index (χ3n) is 5.54. The lowest BCUT2D eigenvalue weighted by Gasteiger charge is -2.34. The molecule has 3 rings (SSSR count). The van der Waals surface area contributed by atoms with E-state index in [0.717, 1.165) is 66.3 Å². The van der Waals surface area contributed by atoms with Crippen molar-refractivity contribution in [3.05, 3.63) is 58.7 Å². The van der Waals surface area contributed by atoms with Gasteiger partial charge in [0, 0.05) is 37.4 Å². The minimum Gasteiger partial charge on any atom is -0.496 e. The van der Waals surface area contributed by atoms with Crippen molar-refractivity contribution in [3.8, 4) is 5.75 Å². The van der Waals surface area contributed by atoms with Crippen LogP contribution in [0.4, 0.5) is 5.69 Å². The first kappa shape index (κ1) is 21.8. The summed E-state index contributed by atoms with van der Waals surface area (Å²) >= 11 is 0. The Hall–Kier alpha value is -2.86. The Labute approximate surface area is 178 Å². The average molecular weight is 409 g/mol. The normalized spacial score (nSPS) is 17.9. The maximum Gasteiger partial charge on any atom is 0.219 e. The van der Waals surface area contributed by atoms with Gasteiger partial charge in [0.2, 0.25) is 6.41 Å². The molecular weight excluding hydrogens is 376 g/mol. The second-order valence-electron chi connectivity index (χ2n) is 7.68. The second kappa shape index (κ2) is 9.76. The van der Waals surface area contributed by atoms with Crippen LogP contribution in [0.5, 0.6) is 5.75 Å². The Morgan fingerprint density at radius 3 is 2.80 bits per heavy atom. The fourth-order valence-corrected chi connectivity index (χ4v) is 3.92. The van der Waals surface area contributed by atoms with Crippen LogP contribution in [-0.4, -0.2) is 43.8 Å². The maximum absolute atomic E-state index is 11.9. The molecule has 0 bridgehead atoms. The van der Waals surface area contributed by atoms with Crippen molar-refractivity contribution >= 4 is 17.8 Å². The quantitative estimate of drug-likeness (QED) is 0.746. The first-order valence-electron chi connectivity index (χ1n) is 10.5. The predicted molar refractivity (Wildman–Crippen MR) is 123 cm³/mol. The molecule has 6 nitrogen and oxygen atoms in total. The van der Waals surface area contributed by atoms with Gasteiger partial charge >= 0.3 is 0 Å². The average Bonchev–Trinajstić information content (AvgIpc) is 2.77. The number of anilines is 1. The zero-order chi connectivity index (χ0) is 21.7. The van der Waals surface area contributed by atoms with Crippen LogP contribution in [0.25, 0.3) is 5.70 Å². The number of nitrogens with one attached hydrogen (secondary N) is 1. The van der Waals surface area contributed by atoms with Crippen LogP contribution < -0.4 is 20.4 Å². The number of allylic oxidation sites excluding steroid dienone is 1. The van der Waals surface area contributed by atoms with Gasteiger partial charge in [0.1, 0.15) is 11.2 Å². The summed E-state index contributed by atoms with van der Waals surface area (Å²) in [4.78, 5) is 19.1. The third kappa shape index (κ3) is 4.65. The number of ether oxygens (including phenoxy) is 1. The molecule has 1 aromatic carbocycles.